The lowest BCUT2D eigenvalue weighted by Crippen LogP contribution is -2.09. The zero-order valence-corrected chi connectivity index (χ0v) is 39.9. The van der Waals surface area contributed by atoms with Crippen molar-refractivity contribution in [3.05, 3.63) is 279 Å². The van der Waals surface area contributed by atoms with E-state index in [1.807, 2.05) is 12.1 Å². The van der Waals surface area contributed by atoms with Gasteiger partial charge in [0.1, 0.15) is 11.2 Å². The number of hydrogen-bond donors (Lipinski definition) is 0. The molecule has 14 aromatic rings. The zero-order chi connectivity index (χ0) is 48.2. The van der Waals surface area contributed by atoms with Crippen LogP contribution in [0.3, 0.4) is 0 Å². The van der Waals surface area contributed by atoms with Gasteiger partial charge < -0.3 is 13.9 Å². The monoisotopic (exact) mass is 930 g/mol. The SMILES string of the molecule is c1cc(-c2ccc(-c3ccc(N(c4ccc(-c5cccc(-n6c7ccccc7c7ccccc76)c5)cc4)c4ccc(-c5cccc6oc7ccccc7c56)cc4)cc3)cc2)cc(-c2ccc3ccccc3c2)c1. The van der Waals surface area contributed by atoms with E-state index in [1.54, 1.807) is 0 Å². The topological polar surface area (TPSA) is 21.3 Å². The number of furan rings is 1. The minimum atomic E-state index is 0.894. The van der Waals surface area contributed by atoms with Crippen LogP contribution < -0.4 is 4.90 Å². The highest BCUT2D eigenvalue weighted by Crippen LogP contribution is 2.41. The van der Waals surface area contributed by atoms with Gasteiger partial charge in [0.25, 0.3) is 0 Å². The first-order valence-electron chi connectivity index (χ1n) is 25.0. The van der Waals surface area contributed by atoms with Crippen LogP contribution >= 0.6 is 0 Å². The average molecular weight is 931 g/mol. The van der Waals surface area contributed by atoms with E-state index in [2.05, 4.69) is 276 Å². The van der Waals surface area contributed by atoms with Crippen molar-refractivity contribution in [1.29, 1.82) is 0 Å². The number of hydrogen-bond acceptors (Lipinski definition) is 2. The molecule has 0 unspecified atom stereocenters. The molecule has 0 bridgehead atoms. The Morgan fingerprint density at radius 1 is 0.274 bits per heavy atom. The predicted molar refractivity (Wildman–Crippen MR) is 307 cm³/mol. The van der Waals surface area contributed by atoms with E-state index < -0.39 is 0 Å². The summed E-state index contributed by atoms with van der Waals surface area (Å²) in [6.45, 7) is 0. The van der Waals surface area contributed by atoms with Crippen LogP contribution in [0.25, 0.3) is 116 Å². The molecule has 0 amide bonds. The Morgan fingerprint density at radius 3 is 1.36 bits per heavy atom. The Morgan fingerprint density at radius 2 is 0.712 bits per heavy atom. The number of nitrogens with zero attached hydrogens (tertiary/aromatic N) is 2. The van der Waals surface area contributed by atoms with Gasteiger partial charge in [0.2, 0.25) is 0 Å². The fourth-order valence-corrected chi connectivity index (χ4v) is 11.0. The summed E-state index contributed by atoms with van der Waals surface area (Å²) in [6, 6.07) is 101. The number of anilines is 3. The molecule has 0 aliphatic carbocycles. The minimum Gasteiger partial charge on any atom is -0.456 e. The van der Waals surface area contributed by atoms with E-state index in [0.29, 0.717) is 0 Å². The molecule has 0 N–H and O–H groups in total. The second kappa shape index (κ2) is 17.6. The Kier molecular flexibility index (Phi) is 10.2. The molecule has 0 atom stereocenters. The molecule has 12 aromatic carbocycles. The molecular weight excluding hydrogens is 885 g/mol. The number of rotatable bonds is 9. The van der Waals surface area contributed by atoms with E-state index in [-0.39, 0.29) is 0 Å². The van der Waals surface area contributed by atoms with Gasteiger partial charge in [-0.05, 0) is 151 Å². The van der Waals surface area contributed by atoms with Crippen molar-refractivity contribution >= 4 is 71.6 Å². The minimum absolute atomic E-state index is 0.894. The molecule has 0 aliphatic heterocycles. The fraction of sp³-hybridized carbons (Fsp3) is 0. The van der Waals surface area contributed by atoms with Crippen LogP contribution in [0.4, 0.5) is 17.1 Å². The maximum atomic E-state index is 6.28. The summed E-state index contributed by atoms with van der Waals surface area (Å²) >= 11 is 0. The van der Waals surface area contributed by atoms with Crippen molar-refractivity contribution in [1.82, 2.24) is 4.57 Å². The molecule has 73 heavy (non-hydrogen) atoms. The number of benzene rings is 12. The Labute approximate surface area is 423 Å². The van der Waals surface area contributed by atoms with Gasteiger partial charge >= 0.3 is 0 Å². The summed E-state index contributed by atoms with van der Waals surface area (Å²) in [5, 5.41) is 7.29. The van der Waals surface area contributed by atoms with Crippen LogP contribution in [0.2, 0.25) is 0 Å². The first-order valence-corrected chi connectivity index (χ1v) is 25.0. The number of para-hydroxylation sites is 3. The number of fused-ring (bicyclic) bond motifs is 7. The lowest BCUT2D eigenvalue weighted by Gasteiger charge is -2.26. The van der Waals surface area contributed by atoms with Crippen LogP contribution in [-0.4, -0.2) is 4.57 Å². The van der Waals surface area contributed by atoms with E-state index in [9.17, 15) is 0 Å². The second-order valence-corrected chi connectivity index (χ2v) is 18.9. The molecule has 342 valence electrons. The summed E-state index contributed by atoms with van der Waals surface area (Å²) in [4.78, 5) is 2.35. The van der Waals surface area contributed by atoms with Crippen molar-refractivity contribution < 1.29 is 4.42 Å². The molecule has 0 radical (unpaired) electrons. The molecule has 0 saturated carbocycles. The van der Waals surface area contributed by atoms with Gasteiger partial charge in [0, 0.05) is 44.3 Å². The molecule has 0 spiro atoms. The van der Waals surface area contributed by atoms with Gasteiger partial charge in [0.15, 0.2) is 0 Å². The van der Waals surface area contributed by atoms with Crippen LogP contribution in [0.1, 0.15) is 0 Å². The van der Waals surface area contributed by atoms with E-state index in [1.165, 1.54) is 60.4 Å². The van der Waals surface area contributed by atoms with Crippen molar-refractivity contribution in [3.8, 4) is 61.3 Å². The molecule has 3 nitrogen and oxygen atoms in total. The van der Waals surface area contributed by atoms with Gasteiger partial charge in [0.05, 0.1) is 11.0 Å². The molecule has 0 saturated heterocycles. The van der Waals surface area contributed by atoms with Crippen molar-refractivity contribution in [2.24, 2.45) is 0 Å². The molecule has 2 heterocycles. The van der Waals surface area contributed by atoms with Crippen molar-refractivity contribution in [2.75, 3.05) is 4.90 Å². The van der Waals surface area contributed by atoms with Gasteiger partial charge in [-0.15, -0.1) is 0 Å². The second-order valence-electron chi connectivity index (χ2n) is 18.9. The third-order valence-corrected chi connectivity index (χ3v) is 14.6. The third kappa shape index (κ3) is 7.54. The van der Waals surface area contributed by atoms with Gasteiger partial charge in [-0.25, -0.2) is 0 Å². The average Bonchev–Trinajstić information content (AvgIpc) is 4.02. The first-order chi connectivity index (χ1) is 36.2. The van der Waals surface area contributed by atoms with Gasteiger partial charge in [-0.1, -0.05) is 194 Å². The maximum Gasteiger partial charge on any atom is 0.136 e. The summed E-state index contributed by atoms with van der Waals surface area (Å²) in [7, 11) is 0. The Hall–Kier alpha value is -9.70. The summed E-state index contributed by atoms with van der Waals surface area (Å²) in [6.07, 6.45) is 0. The molecule has 0 aliphatic rings. The molecular formula is C70H46N2O. The van der Waals surface area contributed by atoms with E-state index in [4.69, 9.17) is 4.42 Å². The van der Waals surface area contributed by atoms with Crippen LogP contribution in [0.5, 0.6) is 0 Å². The van der Waals surface area contributed by atoms with Gasteiger partial charge in [-0.2, -0.15) is 0 Å². The lowest BCUT2D eigenvalue weighted by molar-refractivity contribution is 0.669. The molecule has 3 heteroatoms. The highest BCUT2D eigenvalue weighted by atomic mass is 16.3. The Balaban J connectivity index is 0.796. The zero-order valence-electron chi connectivity index (χ0n) is 39.9. The quantitative estimate of drug-likeness (QED) is 0.144. The first kappa shape index (κ1) is 42.2. The van der Waals surface area contributed by atoms with Crippen molar-refractivity contribution in [2.45, 2.75) is 0 Å². The summed E-state index contributed by atoms with van der Waals surface area (Å²) in [5.74, 6) is 0. The maximum absolute atomic E-state index is 6.28. The fourth-order valence-electron chi connectivity index (χ4n) is 11.0. The molecule has 2 aromatic heterocycles. The van der Waals surface area contributed by atoms with E-state index >= 15 is 0 Å². The number of aromatic nitrogens is 1. The van der Waals surface area contributed by atoms with Crippen LogP contribution in [0, 0.1) is 0 Å². The standard InChI is InChI=1S/C70H46N2O/c1-2-13-53-45-57(31-30-47(53)12-1)55-15-9-14-54(44-55)50-28-26-48(27-29-50)49-32-38-58(39-33-49)71(60-42-36-52(37-43-60)62-21-11-25-69-70(62)65-20-5-8-24-68(65)73-69)59-40-34-51(35-41-59)56-16-10-17-61(46-56)72-66-22-6-3-18-63(66)64-19-4-7-23-67(64)72/h1-46H. The lowest BCUT2D eigenvalue weighted by atomic mass is 9.96. The van der Waals surface area contributed by atoms with Crippen LogP contribution in [0.15, 0.2) is 283 Å². The highest BCUT2D eigenvalue weighted by molar-refractivity contribution is 6.12. The largest absolute Gasteiger partial charge is 0.456 e. The predicted octanol–water partition coefficient (Wildman–Crippen LogP) is 19.6. The van der Waals surface area contributed by atoms with E-state index in [0.717, 1.165) is 72.5 Å². The van der Waals surface area contributed by atoms with Crippen LogP contribution in [-0.2, 0) is 0 Å². The third-order valence-electron chi connectivity index (χ3n) is 14.6. The Bertz CT molecular complexity index is 4300. The molecule has 14 rings (SSSR count). The smallest absolute Gasteiger partial charge is 0.136 e. The summed E-state index contributed by atoms with van der Waals surface area (Å²) < 4.78 is 8.66. The summed E-state index contributed by atoms with van der Waals surface area (Å²) in [5.41, 5.74) is 20.3. The van der Waals surface area contributed by atoms with Gasteiger partial charge in [-0.3, -0.25) is 0 Å². The molecule has 0 fully saturated rings. The normalized spacial score (nSPS) is 11.6. The van der Waals surface area contributed by atoms with Crippen molar-refractivity contribution in [3.63, 3.8) is 0 Å². The highest BCUT2D eigenvalue weighted by Gasteiger charge is 2.18.